The summed E-state index contributed by atoms with van der Waals surface area (Å²) in [7, 11) is 0. The van der Waals surface area contributed by atoms with E-state index in [4.69, 9.17) is 11.6 Å². The normalized spacial score (nSPS) is 37.5. The topological polar surface area (TPSA) is 0 Å². The highest BCUT2D eigenvalue weighted by Gasteiger charge is 2.33. The van der Waals surface area contributed by atoms with E-state index in [1.165, 1.54) is 24.8 Å². The highest BCUT2D eigenvalue weighted by molar-refractivity contribution is 6.20. The number of hydrogen-bond donors (Lipinski definition) is 0. The molecule has 1 aliphatic carbocycles. The van der Waals surface area contributed by atoms with Gasteiger partial charge in [0.15, 0.2) is 0 Å². The van der Waals surface area contributed by atoms with E-state index in [9.17, 15) is 0 Å². The monoisotopic (exact) mass is 172 g/mol. The zero-order valence-electron chi connectivity index (χ0n) is 7.49. The molecule has 11 heavy (non-hydrogen) atoms. The maximum absolute atomic E-state index is 6.05. The Bertz CT molecular complexity index is 162. The van der Waals surface area contributed by atoms with Crippen molar-refractivity contribution < 1.29 is 0 Å². The number of alkyl halides is 1. The third kappa shape index (κ3) is 2.52. The summed E-state index contributed by atoms with van der Waals surface area (Å²) in [4.78, 5) is 0. The number of halogens is 1. The van der Waals surface area contributed by atoms with Gasteiger partial charge in [-0.25, -0.2) is 0 Å². The van der Waals surface area contributed by atoms with Gasteiger partial charge in [-0.15, -0.1) is 18.2 Å². The SMILES string of the molecule is C=C(C)CC1(C)CCC(Cl)C1. The average Bonchev–Trinajstić information content (AvgIpc) is 2.08. The Hall–Kier alpha value is 0.0300. The minimum absolute atomic E-state index is 0.416. The Balaban J connectivity index is 2.48. The van der Waals surface area contributed by atoms with Gasteiger partial charge >= 0.3 is 0 Å². The van der Waals surface area contributed by atoms with Gasteiger partial charge in [0.1, 0.15) is 0 Å². The van der Waals surface area contributed by atoms with Gasteiger partial charge in [-0.2, -0.15) is 0 Å². The van der Waals surface area contributed by atoms with Gasteiger partial charge in [0.25, 0.3) is 0 Å². The summed E-state index contributed by atoms with van der Waals surface area (Å²) in [5.41, 5.74) is 1.75. The lowest BCUT2D eigenvalue weighted by atomic mass is 9.83. The molecule has 0 spiro atoms. The van der Waals surface area contributed by atoms with Crippen LogP contribution in [0.25, 0.3) is 0 Å². The van der Waals surface area contributed by atoms with E-state index in [-0.39, 0.29) is 0 Å². The van der Waals surface area contributed by atoms with E-state index < -0.39 is 0 Å². The molecule has 0 amide bonds. The molecule has 0 aromatic rings. The van der Waals surface area contributed by atoms with Gasteiger partial charge in [-0.3, -0.25) is 0 Å². The summed E-state index contributed by atoms with van der Waals surface area (Å²) in [5, 5.41) is 0.416. The van der Waals surface area contributed by atoms with Gasteiger partial charge in [-0.05, 0) is 38.0 Å². The van der Waals surface area contributed by atoms with Crippen LogP contribution in [0.1, 0.15) is 39.5 Å². The van der Waals surface area contributed by atoms with Crippen LogP contribution in [0.5, 0.6) is 0 Å². The van der Waals surface area contributed by atoms with Crippen LogP contribution in [-0.2, 0) is 0 Å². The van der Waals surface area contributed by atoms with E-state index in [1.54, 1.807) is 0 Å². The maximum atomic E-state index is 6.05. The Morgan fingerprint density at radius 1 is 1.73 bits per heavy atom. The van der Waals surface area contributed by atoms with E-state index in [1.807, 2.05) is 0 Å². The molecular formula is C10H17Cl. The molecule has 1 rings (SSSR count). The van der Waals surface area contributed by atoms with Crippen LogP contribution >= 0.6 is 11.6 Å². The molecule has 0 nitrogen and oxygen atoms in total. The molecule has 1 fully saturated rings. The zero-order chi connectivity index (χ0) is 8.48. The molecule has 0 aliphatic heterocycles. The maximum Gasteiger partial charge on any atom is 0.0341 e. The van der Waals surface area contributed by atoms with E-state index in [0.717, 1.165) is 6.42 Å². The molecular weight excluding hydrogens is 156 g/mol. The number of allylic oxidation sites excluding steroid dienone is 1. The quantitative estimate of drug-likeness (QED) is 0.440. The lowest BCUT2D eigenvalue weighted by molar-refractivity contribution is 0.334. The molecule has 2 unspecified atom stereocenters. The Morgan fingerprint density at radius 3 is 2.73 bits per heavy atom. The molecule has 64 valence electrons. The second-order valence-electron chi connectivity index (χ2n) is 4.28. The van der Waals surface area contributed by atoms with Crippen LogP contribution in [0, 0.1) is 5.41 Å². The molecule has 1 saturated carbocycles. The number of hydrogen-bond acceptors (Lipinski definition) is 0. The predicted molar refractivity (Wildman–Crippen MR) is 51.0 cm³/mol. The van der Waals surface area contributed by atoms with Crippen molar-refractivity contribution in [2.75, 3.05) is 0 Å². The smallest absolute Gasteiger partial charge is 0.0341 e. The lowest BCUT2D eigenvalue weighted by Crippen LogP contribution is -2.11. The summed E-state index contributed by atoms with van der Waals surface area (Å²) in [6.45, 7) is 8.37. The Labute approximate surface area is 74.6 Å². The van der Waals surface area contributed by atoms with E-state index in [2.05, 4.69) is 20.4 Å². The molecule has 1 aliphatic rings. The third-order valence-corrected chi connectivity index (χ3v) is 2.88. The highest BCUT2D eigenvalue weighted by Crippen LogP contribution is 2.44. The van der Waals surface area contributed by atoms with Crippen molar-refractivity contribution in [2.45, 2.75) is 44.9 Å². The molecule has 0 saturated heterocycles. The first-order chi connectivity index (χ1) is 5.02. The summed E-state index contributed by atoms with van der Waals surface area (Å²) < 4.78 is 0. The van der Waals surface area contributed by atoms with Crippen molar-refractivity contribution in [1.82, 2.24) is 0 Å². The van der Waals surface area contributed by atoms with Crippen molar-refractivity contribution in [3.8, 4) is 0 Å². The van der Waals surface area contributed by atoms with Crippen LogP contribution in [0.15, 0.2) is 12.2 Å². The van der Waals surface area contributed by atoms with Crippen LogP contribution < -0.4 is 0 Å². The first kappa shape index (κ1) is 9.12. The van der Waals surface area contributed by atoms with Gasteiger partial charge in [0, 0.05) is 5.38 Å². The molecule has 2 atom stereocenters. The van der Waals surface area contributed by atoms with Crippen molar-refractivity contribution >= 4 is 11.6 Å². The Morgan fingerprint density at radius 2 is 2.36 bits per heavy atom. The van der Waals surface area contributed by atoms with Gasteiger partial charge in [0.05, 0.1) is 0 Å². The molecule has 0 bridgehead atoms. The highest BCUT2D eigenvalue weighted by atomic mass is 35.5. The second-order valence-corrected chi connectivity index (χ2v) is 4.90. The van der Waals surface area contributed by atoms with Crippen LogP contribution in [0.4, 0.5) is 0 Å². The summed E-state index contributed by atoms with van der Waals surface area (Å²) in [6.07, 6.45) is 4.77. The molecule has 0 aromatic heterocycles. The fourth-order valence-electron chi connectivity index (χ4n) is 2.13. The van der Waals surface area contributed by atoms with Gasteiger partial charge < -0.3 is 0 Å². The largest absolute Gasteiger partial charge is 0.123 e. The van der Waals surface area contributed by atoms with Gasteiger partial charge in [0.2, 0.25) is 0 Å². The summed E-state index contributed by atoms with van der Waals surface area (Å²) in [6, 6.07) is 0. The minimum Gasteiger partial charge on any atom is -0.123 e. The summed E-state index contributed by atoms with van der Waals surface area (Å²) >= 11 is 6.05. The fourth-order valence-corrected chi connectivity index (χ4v) is 2.61. The second kappa shape index (κ2) is 3.18. The van der Waals surface area contributed by atoms with Crippen LogP contribution in [0.2, 0.25) is 0 Å². The Kier molecular flexibility index (Phi) is 2.64. The van der Waals surface area contributed by atoms with E-state index >= 15 is 0 Å². The molecule has 0 heterocycles. The minimum atomic E-state index is 0.416. The predicted octanol–water partition coefficient (Wildman–Crippen LogP) is 3.75. The van der Waals surface area contributed by atoms with Crippen molar-refractivity contribution in [3.05, 3.63) is 12.2 Å². The van der Waals surface area contributed by atoms with Crippen molar-refractivity contribution in [2.24, 2.45) is 5.41 Å². The molecule has 1 heteroatoms. The standard InChI is InChI=1S/C10H17Cl/c1-8(2)6-10(3)5-4-9(11)7-10/h9H,1,4-7H2,2-3H3. The van der Waals surface area contributed by atoms with Crippen LogP contribution in [0.3, 0.4) is 0 Å². The van der Waals surface area contributed by atoms with E-state index in [0.29, 0.717) is 10.8 Å². The van der Waals surface area contributed by atoms with Gasteiger partial charge in [-0.1, -0.05) is 12.5 Å². The average molecular weight is 173 g/mol. The molecule has 0 radical (unpaired) electrons. The third-order valence-electron chi connectivity index (χ3n) is 2.50. The summed E-state index contributed by atoms with van der Waals surface area (Å²) in [5.74, 6) is 0. The van der Waals surface area contributed by atoms with Crippen molar-refractivity contribution in [3.63, 3.8) is 0 Å². The van der Waals surface area contributed by atoms with Crippen molar-refractivity contribution in [1.29, 1.82) is 0 Å². The lowest BCUT2D eigenvalue weighted by Gasteiger charge is -2.23. The molecule has 0 N–H and O–H groups in total. The first-order valence-electron chi connectivity index (χ1n) is 4.30. The number of rotatable bonds is 2. The fraction of sp³-hybridized carbons (Fsp3) is 0.800. The zero-order valence-corrected chi connectivity index (χ0v) is 8.25. The molecule has 0 aromatic carbocycles. The van der Waals surface area contributed by atoms with Crippen LogP contribution in [-0.4, -0.2) is 5.38 Å². The first-order valence-corrected chi connectivity index (χ1v) is 4.74.